The van der Waals surface area contributed by atoms with E-state index >= 15 is 0 Å². The van der Waals surface area contributed by atoms with Crippen molar-refractivity contribution in [2.45, 2.75) is 6.54 Å². The molecule has 0 radical (unpaired) electrons. The summed E-state index contributed by atoms with van der Waals surface area (Å²) in [5.74, 6) is -0.405. The normalized spacial score (nSPS) is 18.2. The number of carbonyl (C=O) groups is 2. The maximum absolute atomic E-state index is 12.8. The van der Waals surface area contributed by atoms with E-state index in [-0.39, 0.29) is 22.4 Å². The molecule has 31 heavy (non-hydrogen) atoms. The monoisotopic (exact) mass is 503 g/mol. The molecule has 2 aromatic carbocycles. The smallest absolute Gasteiger partial charge is 0.293 e. The summed E-state index contributed by atoms with van der Waals surface area (Å²) in [5.41, 5.74) is 1.81. The van der Waals surface area contributed by atoms with E-state index in [0.29, 0.717) is 37.6 Å². The molecule has 0 unspecified atom stereocenters. The van der Waals surface area contributed by atoms with E-state index in [2.05, 4.69) is 15.9 Å². The number of nitro benzene ring substituents is 1. The molecule has 2 aliphatic rings. The van der Waals surface area contributed by atoms with Crippen LogP contribution in [0.4, 0.5) is 16.2 Å². The standard InChI is InChI=1S/C21H18BrN3O5S/c22-16-4-1-14(2-5-16)13-24-20(26)19(31-21(24)27)12-15-3-6-17(18(11-15)25(28)29)23-7-9-30-10-8-23/h1-6,11-12H,7-10,13H2/b19-12-. The summed E-state index contributed by atoms with van der Waals surface area (Å²) in [6.07, 6.45) is 1.53. The van der Waals surface area contributed by atoms with Crippen molar-refractivity contribution in [1.82, 2.24) is 4.90 Å². The summed E-state index contributed by atoms with van der Waals surface area (Å²) in [6, 6.07) is 12.2. The Bertz CT molecular complexity index is 1070. The number of thioether (sulfide) groups is 1. The molecule has 0 N–H and O–H groups in total. The van der Waals surface area contributed by atoms with Crippen LogP contribution in [0.2, 0.25) is 0 Å². The third kappa shape index (κ3) is 4.81. The van der Waals surface area contributed by atoms with E-state index in [1.807, 2.05) is 29.2 Å². The molecule has 8 nitrogen and oxygen atoms in total. The van der Waals surface area contributed by atoms with Gasteiger partial charge in [-0.3, -0.25) is 24.6 Å². The fourth-order valence-electron chi connectivity index (χ4n) is 3.41. The highest BCUT2D eigenvalue weighted by molar-refractivity contribution is 9.10. The Labute approximate surface area is 191 Å². The van der Waals surface area contributed by atoms with Gasteiger partial charge in [0.1, 0.15) is 5.69 Å². The van der Waals surface area contributed by atoms with Crippen LogP contribution in [-0.4, -0.2) is 47.3 Å². The van der Waals surface area contributed by atoms with Crippen molar-refractivity contribution in [3.05, 3.63) is 73.1 Å². The quantitative estimate of drug-likeness (QED) is 0.338. The molecule has 2 heterocycles. The fraction of sp³-hybridized carbons (Fsp3) is 0.238. The summed E-state index contributed by atoms with van der Waals surface area (Å²) in [4.78, 5) is 39.7. The first-order valence-corrected chi connectivity index (χ1v) is 11.1. The summed E-state index contributed by atoms with van der Waals surface area (Å²) >= 11 is 4.19. The number of hydrogen-bond donors (Lipinski definition) is 0. The van der Waals surface area contributed by atoms with Gasteiger partial charge in [-0.1, -0.05) is 34.1 Å². The second-order valence-electron chi connectivity index (χ2n) is 7.00. The Balaban J connectivity index is 1.57. The zero-order valence-corrected chi connectivity index (χ0v) is 18.7. The molecule has 2 aromatic rings. The molecule has 0 atom stereocenters. The molecule has 0 saturated carbocycles. The predicted octanol–water partition coefficient (Wildman–Crippen LogP) is 4.43. The molecule has 10 heteroatoms. The number of hydrogen-bond acceptors (Lipinski definition) is 7. The number of benzene rings is 2. The van der Waals surface area contributed by atoms with Crippen molar-refractivity contribution in [2.24, 2.45) is 0 Å². The van der Waals surface area contributed by atoms with Gasteiger partial charge in [0.05, 0.1) is 29.6 Å². The zero-order chi connectivity index (χ0) is 22.0. The van der Waals surface area contributed by atoms with Crippen LogP contribution in [-0.2, 0) is 16.1 Å². The zero-order valence-electron chi connectivity index (χ0n) is 16.3. The first-order chi connectivity index (χ1) is 14.9. The SMILES string of the molecule is O=C1S/C(=C\c2ccc(N3CCOCC3)c([N+](=O)[O-])c2)C(=O)N1Cc1ccc(Br)cc1. The lowest BCUT2D eigenvalue weighted by molar-refractivity contribution is -0.384. The lowest BCUT2D eigenvalue weighted by atomic mass is 10.1. The van der Waals surface area contributed by atoms with Crippen molar-refractivity contribution < 1.29 is 19.2 Å². The minimum atomic E-state index is -0.429. The first kappa shape index (κ1) is 21.5. The van der Waals surface area contributed by atoms with Gasteiger partial charge < -0.3 is 9.64 Å². The molecule has 2 amide bonds. The summed E-state index contributed by atoms with van der Waals surface area (Å²) < 4.78 is 6.22. The number of anilines is 1. The highest BCUT2D eigenvalue weighted by atomic mass is 79.9. The number of morpholine rings is 1. The Morgan fingerprint density at radius 3 is 2.52 bits per heavy atom. The first-order valence-electron chi connectivity index (χ1n) is 9.53. The number of halogens is 1. The molecule has 2 saturated heterocycles. The molecule has 2 fully saturated rings. The summed E-state index contributed by atoms with van der Waals surface area (Å²) in [6.45, 7) is 2.37. The van der Waals surface area contributed by atoms with Crippen LogP contribution in [0.25, 0.3) is 6.08 Å². The number of imide groups is 1. The number of amides is 2. The Hall–Kier alpha value is -2.69. The van der Waals surface area contributed by atoms with Crippen molar-refractivity contribution in [2.75, 3.05) is 31.2 Å². The van der Waals surface area contributed by atoms with Gasteiger partial charge in [-0.2, -0.15) is 0 Å². The molecular formula is C21H18BrN3O5S. The van der Waals surface area contributed by atoms with E-state index in [1.165, 1.54) is 17.0 Å². The summed E-state index contributed by atoms with van der Waals surface area (Å²) in [5, 5.41) is 11.3. The number of nitrogens with zero attached hydrogens (tertiary/aromatic N) is 3. The molecule has 2 aliphatic heterocycles. The maximum atomic E-state index is 12.8. The third-order valence-electron chi connectivity index (χ3n) is 4.97. The van der Waals surface area contributed by atoms with Crippen molar-refractivity contribution in [3.63, 3.8) is 0 Å². The van der Waals surface area contributed by atoms with E-state index in [0.717, 1.165) is 21.8 Å². The Morgan fingerprint density at radius 2 is 1.84 bits per heavy atom. The van der Waals surface area contributed by atoms with Crippen molar-refractivity contribution in [1.29, 1.82) is 0 Å². The maximum Gasteiger partial charge on any atom is 0.293 e. The Kier molecular flexibility index (Phi) is 6.40. The third-order valence-corrected chi connectivity index (χ3v) is 6.41. The van der Waals surface area contributed by atoms with E-state index in [1.54, 1.807) is 12.1 Å². The van der Waals surface area contributed by atoms with Gasteiger partial charge in [-0.25, -0.2) is 0 Å². The molecular weight excluding hydrogens is 486 g/mol. The van der Waals surface area contributed by atoms with Gasteiger partial charge >= 0.3 is 0 Å². The second kappa shape index (κ2) is 9.21. The largest absolute Gasteiger partial charge is 0.378 e. The average molecular weight is 504 g/mol. The lowest BCUT2D eigenvalue weighted by Crippen LogP contribution is -2.36. The molecule has 0 spiro atoms. The van der Waals surface area contributed by atoms with Crippen molar-refractivity contribution in [3.8, 4) is 0 Å². The number of ether oxygens (including phenoxy) is 1. The minimum Gasteiger partial charge on any atom is -0.378 e. The van der Waals surface area contributed by atoms with Crippen LogP contribution in [0, 0.1) is 10.1 Å². The highest BCUT2D eigenvalue weighted by Crippen LogP contribution is 2.35. The van der Waals surface area contributed by atoms with Crippen molar-refractivity contribution >= 4 is 56.3 Å². The van der Waals surface area contributed by atoms with Crippen LogP contribution in [0.1, 0.15) is 11.1 Å². The Morgan fingerprint density at radius 1 is 1.13 bits per heavy atom. The highest BCUT2D eigenvalue weighted by Gasteiger charge is 2.35. The number of rotatable bonds is 5. The number of nitro groups is 1. The summed E-state index contributed by atoms with van der Waals surface area (Å²) in [7, 11) is 0. The predicted molar refractivity (Wildman–Crippen MR) is 122 cm³/mol. The van der Waals surface area contributed by atoms with Gasteiger partial charge in [0.2, 0.25) is 0 Å². The van der Waals surface area contributed by atoms with E-state index in [4.69, 9.17) is 4.74 Å². The lowest BCUT2D eigenvalue weighted by Gasteiger charge is -2.28. The fourth-order valence-corrected chi connectivity index (χ4v) is 4.51. The average Bonchev–Trinajstić information content (AvgIpc) is 3.03. The van der Waals surface area contributed by atoms with Crippen LogP contribution in [0.15, 0.2) is 51.8 Å². The van der Waals surface area contributed by atoms with Crippen LogP contribution < -0.4 is 4.90 Å². The molecule has 4 rings (SSSR count). The molecule has 0 bridgehead atoms. The van der Waals surface area contributed by atoms with Gasteiger partial charge in [0.25, 0.3) is 16.8 Å². The molecule has 0 aliphatic carbocycles. The van der Waals surface area contributed by atoms with E-state index in [9.17, 15) is 19.7 Å². The second-order valence-corrected chi connectivity index (χ2v) is 8.91. The van der Waals surface area contributed by atoms with Crippen LogP contribution in [0.5, 0.6) is 0 Å². The van der Waals surface area contributed by atoms with Gasteiger partial charge in [-0.05, 0) is 47.2 Å². The van der Waals surface area contributed by atoms with Gasteiger partial charge in [0.15, 0.2) is 0 Å². The van der Waals surface area contributed by atoms with Gasteiger partial charge in [0, 0.05) is 23.6 Å². The topological polar surface area (TPSA) is 93.0 Å². The minimum absolute atomic E-state index is 0.0373. The number of carbonyl (C=O) groups excluding carboxylic acids is 2. The van der Waals surface area contributed by atoms with Crippen LogP contribution in [0.3, 0.4) is 0 Å². The van der Waals surface area contributed by atoms with Gasteiger partial charge in [-0.15, -0.1) is 0 Å². The van der Waals surface area contributed by atoms with E-state index < -0.39 is 10.8 Å². The molecule has 0 aromatic heterocycles. The van der Waals surface area contributed by atoms with Crippen LogP contribution >= 0.6 is 27.7 Å². The molecule has 160 valence electrons.